The fourth-order valence-electron chi connectivity index (χ4n) is 11.7. The highest BCUT2D eigenvalue weighted by Crippen LogP contribution is 2.77. The highest BCUT2D eigenvalue weighted by atomic mass is 128. The molecule has 5 rings (SSSR count). The predicted octanol–water partition coefficient (Wildman–Crippen LogP) is 11.1. The van der Waals surface area contributed by atoms with E-state index in [-0.39, 0.29) is 0 Å². The average Bonchev–Trinajstić information content (AvgIpc) is 3.11. The molecule has 0 amide bonds. The number of halogens is 2. The molecular weight excluding hydrogens is 626 g/mol. The monoisotopic (exact) mass is 678 g/mol. The van der Waals surface area contributed by atoms with Crippen molar-refractivity contribution in [2.75, 3.05) is 0 Å². The molecule has 0 aliphatic heterocycles. The second-order valence-electron chi connectivity index (χ2n) is 15.1. The molecule has 5 fully saturated rings. The predicted molar refractivity (Wildman–Crippen MR) is 162 cm³/mol. The minimum atomic E-state index is 0.508. The van der Waals surface area contributed by atoms with E-state index < -0.39 is 0 Å². The molecule has 0 aromatic carbocycles. The van der Waals surface area contributed by atoms with Crippen molar-refractivity contribution in [2.24, 2.45) is 62.6 Å². The van der Waals surface area contributed by atoms with E-state index in [9.17, 15) is 0 Å². The van der Waals surface area contributed by atoms with Crippen LogP contribution in [0.4, 0.5) is 0 Å². The Bertz CT molecular complexity index is 771. The van der Waals surface area contributed by atoms with Crippen LogP contribution < -0.4 is 0 Å². The fraction of sp³-hybridized carbons (Fsp3) is 0.935. The fourth-order valence-corrected chi connectivity index (χ4v) is 11.7. The minimum absolute atomic E-state index is 0.508. The van der Waals surface area contributed by atoms with Gasteiger partial charge in [-0.25, -0.2) is 0 Å². The molecule has 10 atom stereocenters. The van der Waals surface area contributed by atoms with Crippen molar-refractivity contribution in [3.63, 3.8) is 0 Å². The zero-order valence-corrected chi connectivity index (χ0v) is 27.3. The molecule has 2 heteroatoms. The summed E-state index contributed by atoms with van der Waals surface area (Å²) in [4.78, 5) is 0. The number of fused-ring (bicyclic) bond motifs is 7. The van der Waals surface area contributed by atoms with E-state index in [1.807, 2.05) is 0 Å². The normalized spacial score (nSPS) is 54.6. The molecule has 0 saturated heterocycles. The van der Waals surface area contributed by atoms with E-state index in [1.165, 1.54) is 69.8 Å². The Balaban J connectivity index is 0.00000126. The lowest BCUT2D eigenvalue weighted by molar-refractivity contribution is -0.240. The summed E-state index contributed by atoms with van der Waals surface area (Å²) in [5.74, 6) is 5.34. The summed E-state index contributed by atoms with van der Waals surface area (Å²) in [7, 11) is 0. The molecule has 7 unspecified atom stereocenters. The van der Waals surface area contributed by atoms with Crippen LogP contribution in [-0.4, -0.2) is 0 Å². The van der Waals surface area contributed by atoms with Crippen LogP contribution in [0.25, 0.3) is 0 Å². The largest absolute Gasteiger partial charge is 0.0998 e. The van der Waals surface area contributed by atoms with E-state index in [4.69, 9.17) is 0 Å². The van der Waals surface area contributed by atoms with Crippen LogP contribution in [-0.2, 0) is 0 Å². The Morgan fingerprint density at radius 3 is 2.03 bits per heavy atom. The maximum Gasteiger partial charge on any atom is 0 e. The lowest BCUT2D eigenvalue weighted by Crippen LogP contribution is -2.65. The van der Waals surface area contributed by atoms with Gasteiger partial charge in [-0.3, -0.25) is 0 Å². The van der Waals surface area contributed by atoms with Crippen molar-refractivity contribution in [1.82, 2.24) is 0 Å². The van der Waals surface area contributed by atoms with E-state index in [1.54, 1.807) is 0 Å². The SMILES string of the molecule is C=C(C)C1CCC2(C)CC[C@]3(C)C(CCC4[C@@]5(C)CCC(C)C(C)(C)C5CC[C@]43C)C12.II. The lowest BCUT2D eigenvalue weighted by atomic mass is 9.32. The average molecular weight is 679 g/mol. The lowest BCUT2D eigenvalue weighted by Gasteiger charge is -2.73. The number of hydrogen-bond acceptors (Lipinski definition) is 0. The Morgan fingerprint density at radius 1 is 0.727 bits per heavy atom. The summed E-state index contributed by atoms with van der Waals surface area (Å²) in [5, 5.41) is 0. The Morgan fingerprint density at radius 2 is 1.39 bits per heavy atom. The van der Waals surface area contributed by atoms with Crippen molar-refractivity contribution in [3.05, 3.63) is 12.2 Å². The zero-order valence-electron chi connectivity index (χ0n) is 23.0. The molecule has 0 bridgehead atoms. The second-order valence-corrected chi connectivity index (χ2v) is 15.1. The Hall–Kier alpha value is 1.20. The molecular formula is C31H52I2. The third-order valence-corrected chi connectivity index (χ3v) is 14.0. The van der Waals surface area contributed by atoms with Gasteiger partial charge in [-0.05, 0) is 134 Å². The van der Waals surface area contributed by atoms with Gasteiger partial charge in [-0.1, -0.05) is 60.6 Å². The third kappa shape index (κ3) is 3.64. The van der Waals surface area contributed by atoms with Crippen LogP contribution in [0, 0.1) is 62.6 Å². The standard InChI is InChI=1S/C31H52.I2/c1-20(2)22-13-15-28(6)18-19-30(8)23(26(22)28)10-11-25-29(7)16-12-21(3)27(4,5)24(29)14-17-31(25,30)9;1-2/h21-26H,1,10-19H2,2-9H3;/t21?,22?,23?,24?,25?,26?,28?,29-,30+,31+;/m0./s1. The highest BCUT2D eigenvalue weighted by Gasteiger charge is 2.70. The zero-order chi connectivity index (χ0) is 24.6. The first-order chi connectivity index (χ1) is 15.3. The van der Waals surface area contributed by atoms with Gasteiger partial charge in [-0.2, -0.15) is 0 Å². The molecule has 5 aliphatic rings. The van der Waals surface area contributed by atoms with Gasteiger partial charge in [0.15, 0.2) is 0 Å². The summed E-state index contributed by atoms with van der Waals surface area (Å²) in [6.07, 6.45) is 14.7. The van der Waals surface area contributed by atoms with Crippen LogP contribution in [0.2, 0.25) is 0 Å². The number of hydrogen-bond donors (Lipinski definition) is 0. The number of rotatable bonds is 1. The quantitative estimate of drug-likeness (QED) is 0.191. The van der Waals surface area contributed by atoms with Crippen molar-refractivity contribution >= 4 is 37.2 Å². The van der Waals surface area contributed by atoms with Gasteiger partial charge in [0.05, 0.1) is 0 Å². The van der Waals surface area contributed by atoms with Crippen molar-refractivity contribution in [2.45, 2.75) is 120 Å². The van der Waals surface area contributed by atoms with Crippen molar-refractivity contribution < 1.29 is 0 Å². The molecule has 0 aromatic rings. The first-order valence-corrected chi connectivity index (χ1v) is 20.4. The molecule has 0 spiro atoms. The van der Waals surface area contributed by atoms with Crippen molar-refractivity contribution in [3.8, 4) is 0 Å². The Labute approximate surface area is 230 Å². The van der Waals surface area contributed by atoms with E-state index >= 15 is 0 Å². The van der Waals surface area contributed by atoms with Gasteiger partial charge in [0.1, 0.15) is 0 Å². The van der Waals surface area contributed by atoms with Gasteiger partial charge in [-0.15, -0.1) is 0 Å². The van der Waals surface area contributed by atoms with Gasteiger partial charge in [0.2, 0.25) is 0 Å². The maximum atomic E-state index is 4.51. The van der Waals surface area contributed by atoms with E-state index in [0.29, 0.717) is 27.1 Å². The smallest absolute Gasteiger partial charge is 0 e. The second kappa shape index (κ2) is 8.90. The molecule has 5 aliphatic carbocycles. The Kier molecular flexibility index (Phi) is 7.34. The number of allylic oxidation sites excluding steroid dienone is 1. The van der Waals surface area contributed by atoms with Gasteiger partial charge < -0.3 is 0 Å². The van der Waals surface area contributed by atoms with Crippen LogP contribution >= 0.6 is 37.2 Å². The topological polar surface area (TPSA) is 0 Å². The molecule has 0 nitrogen and oxygen atoms in total. The molecule has 190 valence electrons. The maximum absolute atomic E-state index is 4.51. The summed E-state index contributed by atoms with van der Waals surface area (Å²) in [6.45, 7) is 25.6. The van der Waals surface area contributed by atoms with Crippen LogP contribution in [0.3, 0.4) is 0 Å². The van der Waals surface area contributed by atoms with E-state index in [0.717, 1.165) is 35.5 Å². The van der Waals surface area contributed by atoms with E-state index in [2.05, 4.69) is 99.2 Å². The highest BCUT2D eigenvalue weighted by molar-refractivity contribution is 15.0. The van der Waals surface area contributed by atoms with Crippen LogP contribution in [0.15, 0.2) is 12.2 Å². The first-order valence-electron chi connectivity index (χ1n) is 14.1. The molecule has 5 saturated carbocycles. The van der Waals surface area contributed by atoms with Gasteiger partial charge in [0.25, 0.3) is 0 Å². The van der Waals surface area contributed by atoms with Crippen LogP contribution in [0.5, 0.6) is 0 Å². The summed E-state index contributed by atoms with van der Waals surface area (Å²) < 4.78 is 0. The molecule has 0 radical (unpaired) electrons. The molecule has 33 heavy (non-hydrogen) atoms. The van der Waals surface area contributed by atoms with Gasteiger partial charge in [0, 0.05) is 37.2 Å². The summed E-state index contributed by atoms with van der Waals surface area (Å²) in [5.41, 5.74) is 4.19. The third-order valence-electron chi connectivity index (χ3n) is 14.0. The summed E-state index contributed by atoms with van der Waals surface area (Å²) >= 11 is 4.24. The van der Waals surface area contributed by atoms with Crippen molar-refractivity contribution in [1.29, 1.82) is 0 Å². The molecule has 0 aromatic heterocycles. The first kappa shape index (κ1) is 27.2. The summed E-state index contributed by atoms with van der Waals surface area (Å²) in [6, 6.07) is 0. The van der Waals surface area contributed by atoms with Crippen LogP contribution in [0.1, 0.15) is 120 Å². The van der Waals surface area contributed by atoms with Gasteiger partial charge >= 0.3 is 0 Å². The molecule has 0 heterocycles. The minimum Gasteiger partial charge on any atom is -0.0998 e. The molecule has 0 N–H and O–H groups in total.